The second-order valence-corrected chi connectivity index (χ2v) is 12.5. The molecule has 1 aromatic carbocycles. The van der Waals surface area contributed by atoms with E-state index in [1.807, 2.05) is 0 Å². The third-order valence-corrected chi connectivity index (χ3v) is 8.44. The summed E-state index contributed by atoms with van der Waals surface area (Å²) < 4.78 is 57.4. The van der Waals surface area contributed by atoms with E-state index in [0.29, 0.717) is 32.4 Å². The van der Waals surface area contributed by atoms with Crippen molar-refractivity contribution in [2.24, 2.45) is 5.14 Å². The monoisotopic (exact) mass is 473 g/mol. The number of primary sulfonamides is 1. The highest BCUT2D eigenvalue weighted by molar-refractivity contribution is 7.90. The number of nitrogens with two attached hydrogens (primary N) is 1. The molecular weight excluding hydrogens is 442 g/mol. The molecule has 1 amide bonds. The number of sulfonamides is 2. The van der Waals surface area contributed by atoms with E-state index in [0.717, 1.165) is 18.9 Å². The first-order chi connectivity index (χ1) is 14.3. The molecule has 2 aliphatic rings. The van der Waals surface area contributed by atoms with Crippen LogP contribution in [0.1, 0.15) is 52.9 Å². The van der Waals surface area contributed by atoms with Crippen LogP contribution in [0.4, 0.5) is 4.79 Å². The Hall–Kier alpha value is -1.69. The van der Waals surface area contributed by atoms with Gasteiger partial charge in [-0.3, -0.25) is 0 Å². The molecule has 1 aromatic rings. The maximum atomic E-state index is 13.5. The standard InChI is InChI=1S/C20H31N3O6S2/c1-20(2,3)29-19(24)22-12-7-11-17(22)18-10-4-5-13-23(18)31(27,28)16-9-6-8-15(14-16)30(21,25)26/h6,8-9,14,17-18H,4-5,7,10-13H2,1-3H3,(H2,21,25,26). The van der Waals surface area contributed by atoms with E-state index in [4.69, 9.17) is 9.88 Å². The first-order valence-electron chi connectivity index (χ1n) is 10.4. The molecule has 0 aromatic heterocycles. The number of hydrogen-bond acceptors (Lipinski definition) is 6. The maximum Gasteiger partial charge on any atom is 0.410 e. The second-order valence-electron chi connectivity index (χ2n) is 9.08. The summed E-state index contributed by atoms with van der Waals surface area (Å²) in [7, 11) is -8.02. The van der Waals surface area contributed by atoms with Crippen LogP contribution in [0.5, 0.6) is 0 Å². The maximum absolute atomic E-state index is 13.5. The van der Waals surface area contributed by atoms with E-state index >= 15 is 0 Å². The Kier molecular flexibility index (Phi) is 6.71. The average Bonchev–Trinajstić information content (AvgIpc) is 3.16. The number of carbonyl (C=O) groups excluding carboxylic acids is 1. The molecule has 0 radical (unpaired) electrons. The first-order valence-corrected chi connectivity index (χ1v) is 13.4. The fourth-order valence-corrected chi connectivity index (χ4v) is 6.70. The van der Waals surface area contributed by atoms with Gasteiger partial charge in [0, 0.05) is 19.1 Å². The highest BCUT2D eigenvalue weighted by Gasteiger charge is 2.44. The van der Waals surface area contributed by atoms with E-state index in [1.54, 1.807) is 25.7 Å². The number of nitrogens with zero attached hydrogens (tertiary/aromatic N) is 2. The predicted octanol–water partition coefficient (Wildman–Crippen LogP) is 2.28. The molecule has 0 bridgehead atoms. The van der Waals surface area contributed by atoms with Crippen LogP contribution in [0.3, 0.4) is 0 Å². The van der Waals surface area contributed by atoms with Crippen LogP contribution in [0, 0.1) is 0 Å². The van der Waals surface area contributed by atoms with Crippen LogP contribution in [0.25, 0.3) is 0 Å². The first kappa shape index (κ1) is 24.0. The summed E-state index contributed by atoms with van der Waals surface area (Å²) >= 11 is 0. The number of likely N-dealkylation sites (tertiary alicyclic amines) is 1. The number of hydrogen-bond donors (Lipinski definition) is 1. The molecule has 2 N–H and O–H groups in total. The van der Waals surface area contributed by atoms with Gasteiger partial charge in [0.25, 0.3) is 0 Å². The van der Waals surface area contributed by atoms with Gasteiger partial charge in [-0.2, -0.15) is 4.31 Å². The van der Waals surface area contributed by atoms with Gasteiger partial charge in [0.05, 0.1) is 15.8 Å². The molecule has 2 unspecified atom stereocenters. The quantitative estimate of drug-likeness (QED) is 0.715. The zero-order chi connectivity index (χ0) is 23.0. The minimum absolute atomic E-state index is 0.118. The molecule has 2 fully saturated rings. The molecule has 2 heterocycles. The molecule has 9 nitrogen and oxygen atoms in total. The van der Waals surface area contributed by atoms with E-state index in [1.165, 1.54) is 22.5 Å². The summed E-state index contributed by atoms with van der Waals surface area (Å²) in [6, 6.07) is 4.42. The third-order valence-electron chi connectivity index (χ3n) is 5.61. The number of rotatable bonds is 4. The fourth-order valence-electron chi connectivity index (χ4n) is 4.30. The summed E-state index contributed by atoms with van der Waals surface area (Å²) in [5.74, 6) is 0. The summed E-state index contributed by atoms with van der Waals surface area (Å²) in [6.07, 6.45) is 3.20. The largest absolute Gasteiger partial charge is 0.444 e. The van der Waals surface area contributed by atoms with E-state index < -0.39 is 37.8 Å². The van der Waals surface area contributed by atoms with Crippen molar-refractivity contribution < 1.29 is 26.4 Å². The summed E-state index contributed by atoms with van der Waals surface area (Å²) in [5.41, 5.74) is -0.642. The van der Waals surface area contributed by atoms with Gasteiger partial charge in [0.2, 0.25) is 20.0 Å². The molecule has 0 saturated carbocycles. The van der Waals surface area contributed by atoms with Crippen LogP contribution in [0.2, 0.25) is 0 Å². The molecule has 2 saturated heterocycles. The lowest BCUT2D eigenvalue weighted by Crippen LogP contribution is -2.55. The van der Waals surface area contributed by atoms with Gasteiger partial charge in [0.1, 0.15) is 5.60 Å². The molecule has 174 valence electrons. The van der Waals surface area contributed by atoms with Crippen molar-refractivity contribution in [2.45, 2.75) is 80.4 Å². The Morgan fingerprint density at radius 2 is 1.65 bits per heavy atom. The SMILES string of the molecule is CC(C)(C)OC(=O)N1CCCC1C1CCCCN1S(=O)(=O)c1cccc(S(N)(=O)=O)c1. The fraction of sp³-hybridized carbons (Fsp3) is 0.650. The van der Waals surface area contributed by atoms with Crippen molar-refractivity contribution in [1.82, 2.24) is 9.21 Å². The molecule has 0 aliphatic carbocycles. The molecule has 2 atom stereocenters. The summed E-state index contributed by atoms with van der Waals surface area (Å²) in [4.78, 5) is 14.0. The number of piperidine rings is 1. The Morgan fingerprint density at radius 3 is 2.29 bits per heavy atom. The number of benzene rings is 1. The number of carbonyl (C=O) groups is 1. The van der Waals surface area contributed by atoms with Gasteiger partial charge in [0.15, 0.2) is 0 Å². The van der Waals surface area contributed by atoms with Gasteiger partial charge in [-0.05, 0) is 64.7 Å². The minimum Gasteiger partial charge on any atom is -0.444 e. The number of amides is 1. The van der Waals surface area contributed by atoms with Crippen LogP contribution < -0.4 is 5.14 Å². The van der Waals surface area contributed by atoms with Crippen LogP contribution in [0.15, 0.2) is 34.1 Å². The zero-order valence-electron chi connectivity index (χ0n) is 18.2. The topological polar surface area (TPSA) is 127 Å². The van der Waals surface area contributed by atoms with Gasteiger partial charge >= 0.3 is 6.09 Å². The van der Waals surface area contributed by atoms with Crippen LogP contribution >= 0.6 is 0 Å². The molecule has 0 spiro atoms. The predicted molar refractivity (Wildman–Crippen MR) is 115 cm³/mol. The van der Waals surface area contributed by atoms with Crippen molar-refractivity contribution in [3.05, 3.63) is 24.3 Å². The summed E-state index contributed by atoms with van der Waals surface area (Å²) in [5, 5.41) is 5.18. The lowest BCUT2D eigenvalue weighted by atomic mass is 9.96. The lowest BCUT2D eigenvalue weighted by molar-refractivity contribution is 0.0145. The van der Waals surface area contributed by atoms with E-state index in [-0.39, 0.29) is 15.8 Å². The Labute approximate surface area is 184 Å². The summed E-state index contributed by atoms with van der Waals surface area (Å²) in [6.45, 7) is 6.22. The van der Waals surface area contributed by atoms with Crippen molar-refractivity contribution in [3.8, 4) is 0 Å². The Bertz CT molecular complexity index is 1030. The Balaban J connectivity index is 1.92. The van der Waals surface area contributed by atoms with Crippen molar-refractivity contribution in [3.63, 3.8) is 0 Å². The van der Waals surface area contributed by atoms with E-state index in [2.05, 4.69) is 0 Å². The van der Waals surface area contributed by atoms with E-state index in [9.17, 15) is 21.6 Å². The van der Waals surface area contributed by atoms with Crippen molar-refractivity contribution >= 4 is 26.1 Å². The minimum atomic E-state index is -4.04. The molecule has 11 heteroatoms. The van der Waals surface area contributed by atoms with Gasteiger partial charge in [-0.1, -0.05) is 12.5 Å². The van der Waals surface area contributed by atoms with Gasteiger partial charge < -0.3 is 9.64 Å². The zero-order valence-corrected chi connectivity index (χ0v) is 19.8. The van der Waals surface area contributed by atoms with Crippen molar-refractivity contribution in [1.29, 1.82) is 0 Å². The molecule has 2 aliphatic heterocycles. The molecular formula is C20H31N3O6S2. The lowest BCUT2D eigenvalue weighted by Gasteiger charge is -2.41. The molecule has 31 heavy (non-hydrogen) atoms. The van der Waals surface area contributed by atoms with Crippen LogP contribution in [-0.4, -0.2) is 62.9 Å². The normalized spacial score (nSPS) is 23.7. The number of ether oxygens (including phenoxy) is 1. The average molecular weight is 474 g/mol. The van der Waals surface area contributed by atoms with Gasteiger partial charge in [-0.15, -0.1) is 0 Å². The highest BCUT2D eigenvalue weighted by Crippen LogP contribution is 2.34. The van der Waals surface area contributed by atoms with Gasteiger partial charge in [-0.25, -0.2) is 26.8 Å². The smallest absolute Gasteiger partial charge is 0.410 e. The second kappa shape index (κ2) is 8.68. The molecule has 3 rings (SSSR count). The Morgan fingerprint density at radius 1 is 1.00 bits per heavy atom. The third kappa shape index (κ3) is 5.39. The highest BCUT2D eigenvalue weighted by atomic mass is 32.2. The van der Waals surface area contributed by atoms with Crippen molar-refractivity contribution in [2.75, 3.05) is 13.1 Å². The van der Waals surface area contributed by atoms with Crippen LogP contribution in [-0.2, 0) is 24.8 Å².